The molecule has 2 fully saturated rings. The summed E-state index contributed by atoms with van der Waals surface area (Å²) in [4.78, 5) is 11.5. The molecule has 2 aromatic heterocycles. The van der Waals surface area contributed by atoms with Gasteiger partial charge in [0, 0.05) is 42.5 Å². The molecule has 0 radical (unpaired) electrons. The second kappa shape index (κ2) is 11.2. The molecular weight excluding hydrogens is 498 g/mol. The van der Waals surface area contributed by atoms with Gasteiger partial charge in [0.25, 0.3) is 0 Å². The SMILES string of the molecule is Cl.Fc1cc(-c2cccc3ncc(-c4cnn(C5CCNCC5)c4)nc23)cc(F)c1CN1CCOCC1. The van der Waals surface area contributed by atoms with Crippen LogP contribution in [0.15, 0.2) is 48.9 Å². The summed E-state index contributed by atoms with van der Waals surface area (Å²) in [5, 5.41) is 7.94. The minimum atomic E-state index is -0.555. The molecule has 0 bridgehead atoms. The van der Waals surface area contributed by atoms with Crippen LogP contribution in [0.2, 0.25) is 0 Å². The molecule has 4 heterocycles. The van der Waals surface area contributed by atoms with Crippen LogP contribution in [0.4, 0.5) is 8.78 Å². The molecule has 37 heavy (non-hydrogen) atoms. The first kappa shape index (κ1) is 25.7. The highest BCUT2D eigenvalue weighted by molar-refractivity contribution is 5.92. The highest BCUT2D eigenvalue weighted by atomic mass is 35.5. The predicted molar refractivity (Wildman–Crippen MR) is 141 cm³/mol. The maximum absolute atomic E-state index is 15.1. The summed E-state index contributed by atoms with van der Waals surface area (Å²) in [6.07, 6.45) is 7.61. The van der Waals surface area contributed by atoms with Gasteiger partial charge in [-0.05, 0) is 49.7 Å². The Bertz CT molecular complexity index is 1360. The fourth-order valence-corrected chi connectivity index (χ4v) is 5.04. The van der Waals surface area contributed by atoms with Gasteiger partial charge in [0.15, 0.2) is 0 Å². The number of nitrogens with zero attached hydrogens (tertiary/aromatic N) is 5. The lowest BCUT2D eigenvalue weighted by Crippen LogP contribution is -2.36. The van der Waals surface area contributed by atoms with E-state index in [1.165, 1.54) is 12.1 Å². The summed E-state index contributed by atoms with van der Waals surface area (Å²) in [5.74, 6) is -1.11. The topological polar surface area (TPSA) is 68.1 Å². The Balaban J connectivity index is 0.00000280. The zero-order chi connectivity index (χ0) is 24.5. The number of halogens is 3. The summed E-state index contributed by atoms with van der Waals surface area (Å²) in [5.41, 5.74) is 3.99. The van der Waals surface area contributed by atoms with E-state index in [-0.39, 0.29) is 24.5 Å². The molecule has 0 unspecified atom stereocenters. The van der Waals surface area contributed by atoms with Gasteiger partial charge in [-0.1, -0.05) is 12.1 Å². The summed E-state index contributed by atoms with van der Waals surface area (Å²) in [6, 6.07) is 8.68. The fourth-order valence-electron chi connectivity index (χ4n) is 5.04. The molecule has 2 aromatic carbocycles. The summed E-state index contributed by atoms with van der Waals surface area (Å²) < 4.78 is 37.6. The minimum absolute atomic E-state index is 0. The lowest BCUT2D eigenvalue weighted by atomic mass is 10.0. The van der Waals surface area contributed by atoms with Gasteiger partial charge < -0.3 is 10.1 Å². The molecular formula is C27H29ClF2N6O. The Morgan fingerprint density at radius 3 is 2.51 bits per heavy atom. The van der Waals surface area contributed by atoms with Crippen molar-refractivity contribution in [3.8, 4) is 22.4 Å². The highest BCUT2D eigenvalue weighted by Gasteiger charge is 2.20. The van der Waals surface area contributed by atoms with Gasteiger partial charge in [0.1, 0.15) is 11.6 Å². The van der Waals surface area contributed by atoms with E-state index in [0.29, 0.717) is 60.2 Å². The fraction of sp³-hybridized carbons (Fsp3) is 0.370. The average Bonchev–Trinajstić information content (AvgIpc) is 3.42. The number of nitrogens with one attached hydrogen (secondary N) is 1. The van der Waals surface area contributed by atoms with E-state index in [1.54, 1.807) is 12.4 Å². The Hall–Kier alpha value is -2.98. The number of fused-ring (bicyclic) bond motifs is 1. The van der Waals surface area contributed by atoms with Crippen molar-refractivity contribution in [2.24, 2.45) is 0 Å². The first-order chi connectivity index (χ1) is 17.7. The number of para-hydroxylation sites is 1. The molecule has 1 N–H and O–H groups in total. The zero-order valence-electron chi connectivity index (χ0n) is 20.4. The molecule has 6 rings (SSSR count). The van der Waals surface area contributed by atoms with E-state index >= 15 is 8.78 Å². The number of hydrogen-bond acceptors (Lipinski definition) is 6. The first-order valence-corrected chi connectivity index (χ1v) is 12.4. The molecule has 10 heteroatoms. The quantitative estimate of drug-likeness (QED) is 0.409. The molecule has 0 saturated carbocycles. The highest BCUT2D eigenvalue weighted by Crippen LogP contribution is 2.31. The molecule has 4 aromatic rings. The van der Waals surface area contributed by atoms with Crippen molar-refractivity contribution < 1.29 is 13.5 Å². The average molecular weight is 527 g/mol. The third kappa shape index (κ3) is 5.36. The van der Waals surface area contributed by atoms with E-state index in [0.717, 1.165) is 31.5 Å². The number of benzene rings is 2. The molecule has 194 valence electrons. The molecule has 0 aliphatic carbocycles. The van der Waals surface area contributed by atoms with Crippen LogP contribution in [0.25, 0.3) is 33.4 Å². The molecule has 2 saturated heterocycles. The van der Waals surface area contributed by atoms with Gasteiger partial charge in [-0.2, -0.15) is 5.10 Å². The third-order valence-electron chi connectivity index (χ3n) is 7.09. The van der Waals surface area contributed by atoms with Crippen LogP contribution in [0.1, 0.15) is 24.4 Å². The Kier molecular flexibility index (Phi) is 7.76. The van der Waals surface area contributed by atoms with Gasteiger partial charge in [0.2, 0.25) is 0 Å². The number of morpholine rings is 1. The molecule has 7 nitrogen and oxygen atoms in total. The van der Waals surface area contributed by atoms with E-state index in [4.69, 9.17) is 9.72 Å². The van der Waals surface area contributed by atoms with Crippen LogP contribution in [0.5, 0.6) is 0 Å². The van der Waals surface area contributed by atoms with Crippen LogP contribution in [0.3, 0.4) is 0 Å². The second-order valence-electron chi connectivity index (χ2n) is 9.43. The predicted octanol–water partition coefficient (Wildman–Crippen LogP) is 4.62. The molecule has 0 spiro atoms. The van der Waals surface area contributed by atoms with Crippen molar-refractivity contribution >= 4 is 23.4 Å². The standard InChI is InChI=1S/C27H28F2N6O.ClH/c28-23-12-18(13-24(29)22(23)17-34-8-10-36-11-9-34)21-2-1-3-25-27(21)33-26(15-31-25)19-14-32-35(16-19)20-4-6-30-7-5-20;/h1-3,12-16,20,30H,4-11,17H2;1H. The van der Waals surface area contributed by atoms with Crippen molar-refractivity contribution in [1.29, 1.82) is 0 Å². The van der Waals surface area contributed by atoms with Crippen molar-refractivity contribution in [2.45, 2.75) is 25.4 Å². The molecule has 0 atom stereocenters. The van der Waals surface area contributed by atoms with Crippen LogP contribution >= 0.6 is 12.4 Å². The van der Waals surface area contributed by atoms with Crippen LogP contribution in [-0.2, 0) is 11.3 Å². The molecule has 2 aliphatic rings. The lowest BCUT2D eigenvalue weighted by Gasteiger charge is -2.27. The maximum Gasteiger partial charge on any atom is 0.131 e. The van der Waals surface area contributed by atoms with Gasteiger partial charge >= 0.3 is 0 Å². The van der Waals surface area contributed by atoms with Crippen molar-refractivity contribution in [1.82, 2.24) is 30.0 Å². The van der Waals surface area contributed by atoms with E-state index in [9.17, 15) is 0 Å². The number of aromatic nitrogens is 4. The maximum atomic E-state index is 15.1. The summed E-state index contributed by atoms with van der Waals surface area (Å²) in [7, 11) is 0. The van der Waals surface area contributed by atoms with Gasteiger partial charge in [0.05, 0.1) is 48.4 Å². The Labute approximate surface area is 220 Å². The van der Waals surface area contributed by atoms with Gasteiger partial charge in [-0.15, -0.1) is 12.4 Å². The van der Waals surface area contributed by atoms with Gasteiger partial charge in [-0.25, -0.2) is 13.8 Å². The van der Waals surface area contributed by atoms with Crippen molar-refractivity contribution in [3.63, 3.8) is 0 Å². The number of hydrogen-bond donors (Lipinski definition) is 1. The van der Waals surface area contributed by atoms with E-state index in [1.807, 2.05) is 34.0 Å². The van der Waals surface area contributed by atoms with Crippen LogP contribution < -0.4 is 5.32 Å². The van der Waals surface area contributed by atoms with Crippen LogP contribution in [0, 0.1) is 11.6 Å². The molecule has 0 amide bonds. The zero-order valence-corrected chi connectivity index (χ0v) is 21.2. The van der Waals surface area contributed by atoms with E-state index in [2.05, 4.69) is 15.4 Å². The Morgan fingerprint density at radius 2 is 1.76 bits per heavy atom. The first-order valence-electron chi connectivity index (χ1n) is 12.4. The minimum Gasteiger partial charge on any atom is -0.379 e. The molecule has 2 aliphatic heterocycles. The second-order valence-corrected chi connectivity index (χ2v) is 9.43. The van der Waals surface area contributed by atoms with E-state index < -0.39 is 11.6 Å². The smallest absolute Gasteiger partial charge is 0.131 e. The Morgan fingerprint density at radius 1 is 1.00 bits per heavy atom. The normalized spacial score (nSPS) is 17.1. The number of ether oxygens (including phenoxy) is 1. The summed E-state index contributed by atoms with van der Waals surface area (Å²) in [6.45, 7) is 4.67. The van der Waals surface area contributed by atoms with Crippen molar-refractivity contribution in [3.05, 3.63) is 66.1 Å². The monoisotopic (exact) mass is 526 g/mol. The van der Waals surface area contributed by atoms with Crippen LogP contribution in [-0.4, -0.2) is 64.0 Å². The van der Waals surface area contributed by atoms with Gasteiger partial charge in [-0.3, -0.25) is 14.6 Å². The lowest BCUT2D eigenvalue weighted by molar-refractivity contribution is 0.0332. The third-order valence-corrected chi connectivity index (χ3v) is 7.09. The van der Waals surface area contributed by atoms with Crippen molar-refractivity contribution in [2.75, 3.05) is 39.4 Å². The number of piperidine rings is 1. The largest absolute Gasteiger partial charge is 0.379 e. The number of rotatable bonds is 5. The summed E-state index contributed by atoms with van der Waals surface area (Å²) >= 11 is 0.